The third-order valence-electron chi connectivity index (χ3n) is 2.84. The van der Waals surface area contributed by atoms with Crippen molar-refractivity contribution in [3.8, 4) is 0 Å². The summed E-state index contributed by atoms with van der Waals surface area (Å²) in [5.74, 6) is 0. The molecule has 2 aromatic rings. The average Bonchev–Trinajstić information content (AvgIpc) is 2.41. The van der Waals surface area contributed by atoms with E-state index in [2.05, 4.69) is 42.2 Å². The second-order valence-corrected chi connectivity index (χ2v) is 13.0. The number of non-ortho nitro benzene ring substituents is 1. The Morgan fingerprint density at radius 3 is 2.15 bits per heavy atom. The molecule has 1 N–H and O–H groups in total. The fourth-order valence-electron chi connectivity index (χ4n) is 1.72. The van der Waals surface area contributed by atoms with E-state index in [1.807, 2.05) is 29.0 Å². The number of aryl methyl sites for hydroxylation is 1. The van der Waals surface area contributed by atoms with Crippen molar-refractivity contribution in [3.63, 3.8) is 0 Å². The number of nitrogens with zero attached hydrogens (tertiary/aromatic N) is 1. The summed E-state index contributed by atoms with van der Waals surface area (Å²) >= 11 is 1.90. The number of nitro groups is 1. The van der Waals surface area contributed by atoms with E-state index < -0.39 is 7.64 Å². The fraction of sp³-hybridized carbons (Fsp3) is 0.143. The number of nitro benzene ring substituents is 1. The quantitative estimate of drug-likeness (QED) is 0.427. The van der Waals surface area contributed by atoms with Crippen LogP contribution in [-0.4, -0.2) is 11.2 Å². The van der Waals surface area contributed by atoms with E-state index in [9.17, 15) is 10.1 Å². The molecule has 106 valence electrons. The number of anilines is 1. The van der Waals surface area contributed by atoms with Gasteiger partial charge in [0.25, 0.3) is 0 Å². The molecule has 0 aliphatic heterocycles. The zero-order valence-electron chi connectivity index (χ0n) is 11.1. The first-order valence-corrected chi connectivity index (χ1v) is 11.0. The summed E-state index contributed by atoms with van der Waals surface area (Å²) in [6.07, 6.45) is 2.15. The van der Waals surface area contributed by atoms with Crippen molar-refractivity contribution in [1.82, 2.24) is 0 Å². The Hall–Kier alpha value is -1.37. The van der Waals surface area contributed by atoms with Crippen LogP contribution in [0.25, 0.3) is 0 Å². The predicted molar refractivity (Wildman–Crippen MR) is 79.5 cm³/mol. The molecular weight excluding hydrogens is 450 g/mol. The van der Waals surface area contributed by atoms with Crippen molar-refractivity contribution in [2.75, 3.05) is 11.0 Å². The van der Waals surface area contributed by atoms with Crippen LogP contribution in [-0.2, 0) is 24.5 Å². The van der Waals surface area contributed by atoms with Crippen molar-refractivity contribution in [2.45, 2.75) is 11.8 Å². The van der Waals surface area contributed by atoms with E-state index >= 15 is 0 Å². The van der Waals surface area contributed by atoms with Crippen LogP contribution in [0.2, 0.25) is 0 Å². The molecule has 1 atom stereocenters. The fourth-order valence-corrected chi connectivity index (χ4v) is 4.99. The molecule has 0 fully saturated rings. The molecule has 2 rings (SSSR count). The van der Waals surface area contributed by atoms with E-state index in [0.29, 0.717) is 0 Å². The first-order valence-electron chi connectivity index (χ1n) is 5.94. The summed E-state index contributed by atoms with van der Waals surface area (Å²) in [4.78, 5) is 11.4. The van der Waals surface area contributed by atoms with Gasteiger partial charge in [-0.3, -0.25) is 0 Å². The Bertz CT molecular complexity index is 669. The Morgan fingerprint density at radius 2 is 1.65 bits per heavy atom. The van der Waals surface area contributed by atoms with E-state index in [4.69, 9.17) is 0 Å². The molecule has 0 aliphatic rings. The Balaban J connectivity index is 2.23. The normalized spacial score (nSPS) is 13.6. The van der Waals surface area contributed by atoms with Gasteiger partial charge in [-0.2, -0.15) is 0 Å². The van der Waals surface area contributed by atoms with Gasteiger partial charge in [0.2, 0.25) is 0 Å². The van der Waals surface area contributed by atoms with Crippen molar-refractivity contribution < 1.29 is 21.8 Å². The first kappa shape index (κ1) is 15.0. The number of nitrogens with one attached hydrogen (secondary N) is 1. The van der Waals surface area contributed by atoms with Crippen molar-refractivity contribution in [3.05, 3.63) is 64.2 Å². The maximum atomic E-state index is 10.7. The van der Waals surface area contributed by atoms with Crippen LogP contribution in [0.15, 0.2) is 53.4 Å². The van der Waals surface area contributed by atoms with Crippen LogP contribution >= 0.6 is 0 Å². The van der Waals surface area contributed by atoms with Gasteiger partial charge in [0.1, 0.15) is 0 Å². The minimum absolute atomic E-state index is 0.127. The summed E-state index contributed by atoms with van der Waals surface area (Å²) in [6, 6.07) is 15.0. The Kier molecular flexibility index (Phi) is 4.47. The van der Waals surface area contributed by atoms with Gasteiger partial charge in [-0.25, -0.2) is 0 Å². The number of rotatable bonds is 4. The Labute approximate surface area is 127 Å². The van der Waals surface area contributed by atoms with Gasteiger partial charge in [-0.05, 0) is 0 Å². The van der Waals surface area contributed by atoms with Gasteiger partial charge in [0.05, 0.1) is 0 Å². The third kappa shape index (κ3) is 3.59. The maximum absolute atomic E-state index is 10.7. The van der Waals surface area contributed by atoms with Gasteiger partial charge in [0, 0.05) is 0 Å². The second kappa shape index (κ2) is 5.95. The zero-order chi connectivity index (χ0) is 14.8. The van der Waals surface area contributed by atoms with Gasteiger partial charge in [-0.15, -0.1) is 0 Å². The molecule has 0 aliphatic carbocycles. The van der Waals surface area contributed by atoms with Gasteiger partial charge >= 0.3 is 128 Å². The molecule has 0 spiro atoms. The molecule has 0 radical (unpaired) electrons. The van der Waals surface area contributed by atoms with E-state index in [-0.39, 0.29) is 10.6 Å². The van der Waals surface area contributed by atoms with Crippen molar-refractivity contribution in [2.24, 2.45) is 0 Å². The monoisotopic (exact) mass is 467 g/mol. The molecule has 4 nitrogen and oxygen atoms in total. The summed E-state index contributed by atoms with van der Waals surface area (Å²) in [7, 11) is -1.21. The molecule has 0 amide bonds. The molecule has 6 heteroatoms. The van der Waals surface area contributed by atoms with E-state index in [1.54, 1.807) is 12.1 Å². The number of hydrogen-bond acceptors (Lipinski definition) is 3. The van der Waals surface area contributed by atoms with Crippen LogP contribution in [0.3, 0.4) is 0 Å². The second-order valence-electron chi connectivity index (χ2n) is 4.52. The van der Waals surface area contributed by atoms with Crippen LogP contribution in [0.4, 0.5) is 11.4 Å². The zero-order valence-corrected chi connectivity index (χ0v) is 14.5. The van der Waals surface area contributed by atoms with Crippen LogP contribution in [0, 0.1) is 17.0 Å². The third-order valence-corrected chi connectivity index (χ3v) is 7.18. The molecular formula is C14H15N2O2OsS+. The minimum atomic E-state index is -1.21. The van der Waals surface area contributed by atoms with Gasteiger partial charge in [0.15, 0.2) is 0 Å². The first-order chi connectivity index (χ1) is 9.38. The molecule has 1 unspecified atom stereocenters. The number of benzene rings is 2. The molecule has 0 saturated carbocycles. The SMILES string of the molecule is Cc1ccc(N[S+](C)(=[Os])c2ccc([N+](=O)[O-])cc2)cc1. The van der Waals surface area contributed by atoms with E-state index in [0.717, 1.165) is 10.6 Å². The summed E-state index contributed by atoms with van der Waals surface area (Å²) < 4.78 is 3.54. The van der Waals surface area contributed by atoms with Crippen LogP contribution in [0.5, 0.6) is 0 Å². The molecule has 20 heavy (non-hydrogen) atoms. The van der Waals surface area contributed by atoms with Crippen molar-refractivity contribution >= 4 is 19.0 Å². The molecule has 0 heterocycles. The van der Waals surface area contributed by atoms with Crippen LogP contribution < -0.4 is 4.72 Å². The molecule has 0 bridgehead atoms. The van der Waals surface area contributed by atoms with E-state index in [1.165, 1.54) is 5.56 Å². The molecule has 0 saturated heterocycles. The average molecular weight is 466 g/mol. The predicted octanol–water partition coefficient (Wildman–Crippen LogP) is 3.53. The van der Waals surface area contributed by atoms with Crippen molar-refractivity contribution in [1.29, 1.82) is 0 Å². The number of hydrogen-bond donors (Lipinski definition) is 1. The van der Waals surface area contributed by atoms with Gasteiger partial charge < -0.3 is 0 Å². The summed E-state index contributed by atoms with van der Waals surface area (Å²) in [5, 5.41) is 10.7. The van der Waals surface area contributed by atoms with Crippen LogP contribution in [0.1, 0.15) is 5.56 Å². The summed E-state index contributed by atoms with van der Waals surface area (Å²) in [6.45, 7) is 2.06. The standard InChI is InChI=1S/C14H15N2O2S.Os/c1-11-3-5-12(6-4-11)15-19(2)14-9-7-13(8-10-14)16(17)18;/h3-10,15H,1-2H3;/q+1;. The topological polar surface area (TPSA) is 55.2 Å². The molecule has 2 aromatic carbocycles. The molecule has 0 aromatic heterocycles. The summed E-state index contributed by atoms with van der Waals surface area (Å²) in [5.41, 5.74) is 2.42. The Morgan fingerprint density at radius 1 is 1.10 bits per heavy atom. The van der Waals surface area contributed by atoms with Gasteiger partial charge in [-0.1, -0.05) is 0 Å².